The van der Waals surface area contributed by atoms with Crippen molar-refractivity contribution in [2.45, 2.75) is 69.6 Å². The van der Waals surface area contributed by atoms with Crippen molar-refractivity contribution in [1.82, 2.24) is 19.8 Å². The quantitative estimate of drug-likeness (QED) is 0.804. The molecule has 5 heteroatoms. The number of fused-ring (bicyclic) bond motifs is 1. The Balaban J connectivity index is 1.59. The third kappa shape index (κ3) is 2.98. The Hall–Kier alpha value is -2.27. The number of nitrogens with zero attached hydrogens (tertiary/aromatic N) is 4. The summed E-state index contributed by atoms with van der Waals surface area (Å²) in [6.07, 6.45) is 10.0. The lowest BCUT2D eigenvalue weighted by atomic mass is 9.69. The molecule has 3 fully saturated rings. The van der Waals surface area contributed by atoms with Gasteiger partial charge in [-0.3, -0.25) is 9.69 Å². The van der Waals surface area contributed by atoms with Crippen LogP contribution in [0, 0.1) is 5.41 Å². The zero-order valence-electron chi connectivity index (χ0n) is 17.4. The molecular formula is C24H30N4O. The number of piperidine rings is 1. The maximum absolute atomic E-state index is 13.8. The maximum atomic E-state index is 13.8. The van der Waals surface area contributed by atoms with Crippen LogP contribution >= 0.6 is 0 Å². The second-order valence-electron chi connectivity index (χ2n) is 9.32. The summed E-state index contributed by atoms with van der Waals surface area (Å²) in [6.45, 7) is 2.43. The first-order chi connectivity index (χ1) is 14.1. The molecule has 1 aromatic heterocycles. The fourth-order valence-corrected chi connectivity index (χ4v) is 6.54. The van der Waals surface area contributed by atoms with Gasteiger partial charge < -0.3 is 4.90 Å². The van der Waals surface area contributed by atoms with Crippen molar-refractivity contribution in [2.24, 2.45) is 5.41 Å². The highest BCUT2D eigenvalue weighted by Gasteiger charge is 2.61. The molecule has 2 saturated heterocycles. The van der Waals surface area contributed by atoms with Crippen molar-refractivity contribution < 1.29 is 4.79 Å². The van der Waals surface area contributed by atoms with E-state index in [0.29, 0.717) is 17.8 Å². The zero-order chi connectivity index (χ0) is 20.0. The average molecular weight is 391 g/mol. The van der Waals surface area contributed by atoms with Crippen LogP contribution in [0.25, 0.3) is 0 Å². The van der Waals surface area contributed by atoms with Crippen LogP contribution in [0.4, 0.5) is 0 Å². The van der Waals surface area contributed by atoms with E-state index in [1.807, 2.05) is 0 Å². The number of aromatic nitrogens is 2. The van der Waals surface area contributed by atoms with E-state index in [1.165, 1.54) is 37.6 Å². The number of rotatable bonds is 3. The van der Waals surface area contributed by atoms with E-state index in [0.717, 1.165) is 12.8 Å². The van der Waals surface area contributed by atoms with Gasteiger partial charge in [-0.25, -0.2) is 9.97 Å². The van der Waals surface area contributed by atoms with Crippen molar-refractivity contribution in [3.63, 3.8) is 0 Å². The van der Waals surface area contributed by atoms with E-state index in [-0.39, 0.29) is 23.4 Å². The molecule has 0 unspecified atom stereocenters. The van der Waals surface area contributed by atoms with Gasteiger partial charge in [0.1, 0.15) is 12.0 Å². The predicted octanol–water partition coefficient (Wildman–Crippen LogP) is 3.57. The van der Waals surface area contributed by atoms with E-state index in [9.17, 15) is 4.79 Å². The molecule has 1 aromatic carbocycles. The molecular weight excluding hydrogens is 360 g/mol. The summed E-state index contributed by atoms with van der Waals surface area (Å²) in [6, 6.07) is 13.8. The fourth-order valence-electron chi connectivity index (χ4n) is 6.54. The van der Waals surface area contributed by atoms with Crippen LogP contribution in [0.2, 0.25) is 0 Å². The van der Waals surface area contributed by atoms with Crippen LogP contribution < -0.4 is 0 Å². The van der Waals surface area contributed by atoms with Crippen LogP contribution in [0.5, 0.6) is 0 Å². The van der Waals surface area contributed by atoms with E-state index in [2.05, 4.69) is 64.1 Å². The number of likely N-dealkylation sites (tertiary alicyclic amines) is 2. The summed E-state index contributed by atoms with van der Waals surface area (Å²) in [5.74, 6) is 0.0743. The molecule has 5 rings (SSSR count). The highest BCUT2D eigenvalue weighted by Crippen LogP contribution is 2.55. The number of hydrogen-bond donors (Lipinski definition) is 0. The van der Waals surface area contributed by atoms with E-state index in [1.54, 1.807) is 12.3 Å². The van der Waals surface area contributed by atoms with Crippen molar-refractivity contribution in [1.29, 1.82) is 0 Å². The van der Waals surface area contributed by atoms with Gasteiger partial charge in [-0.05, 0) is 44.4 Å². The third-order valence-corrected chi connectivity index (χ3v) is 7.85. The van der Waals surface area contributed by atoms with Crippen molar-refractivity contribution in [3.05, 3.63) is 60.2 Å². The normalized spacial score (nSPS) is 34.1. The molecule has 2 bridgehead atoms. The first kappa shape index (κ1) is 18.7. The molecule has 2 aliphatic heterocycles. The number of likely N-dealkylation sites (N-methyl/N-ethyl adjacent to an activating group) is 1. The minimum atomic E-state index is 0.0743. The van der Waals surface area contributed by atoms with Crippen LogP contribution in [-0.4, -0.2) is 56.9 Å². The summed E-state index contributed by atoms with van der Waals surface area (Å²) in [4.78, 5) is 27.0. The van der Waals surface area contributed by atoms with Crippen LogP contribution in [0.1, 0.15) is 55.1 Å². The van der Waals surface area contributed by atoms with Crippen molar-refractivity contribution in [3.8, 4) is 0 Å². The smallest absolute Gasteiger partial charge is 0.273 e. The molecule has 0 spiro atoms. The number of benzene rings is 1. The highest BCUT2D eigenvalue weighted by molar-refractivity contribution is 5.93. The summed E-state index contributed by atoms with van der Waals surface area (Å²) in [7, 11) is 2.29. The molecule has 0 N–H and O–H groups in total. The summed E-state index contributed by atoms with van der Waals surface area (Å²) in [5, 5.41) is 0. The minimum absolute atomic E-state index is 0.0743. The van der Waals surface area contributed by atoms with Crippen LogP contribution in [0.3, 0.4) is 0 Å². The van der Waals surface area contributed by atoms with Crippen LogP contribution in [0.15, 0.2) is 48.9 Å². The van der Waals surface area contributed by atoms with Gasteiger partial charge in [0, 0.05) is 29.7 Å². The predicted molar refractivity (Wildman–Crippen MR) is 112 cm³/mol. The molecule has 1 amide bonds. The first-order valence-corrected chi connectivity index (χ1v) is 10.9. The third-order valence-electron chi connectivity index (χ3n) is 7.85. The molecule has 1 aliphatic carbocycles. The Labute approximate surface area is 173 Å². The van der Waals surface area contributed by atoms with Gasteiger partial charge in [-0.2, -0.15) is 0 Å². The van der Waals surface area contributed by atoms with E-state index < -0.39 is 0 Å². The topological polar surface area (TPSA) is 49.3 Å². The summed E-state index contributed by atoms with van der Waals surface area (Å²) >= 11 is 0. The number of carbonyl (C=O) groups is 1. The Morgan fingerprint density at radius 1 is 1.14 bits per heavy atom. The molecule has 3 aliphatic rings. The lowest BCUT2D eigenvalue weighted by Gasteiger charge is -2.51. The van der Waals surface area contributed by atoms with Gasteiger partial charge in [0.15, 0.2) is 0 Å². The molecule has 2 aromatic rings. The monoisotopic (exact) mass is 390 g/mol. The van der Waals surface area contributed by atoms with Gasteiger partial charge in [0.05, 0.1) is 6.04 Å². The van der Waals surface area contributed by atoms with Crippen molar-refractivity contribution in [2.75, 3.05) is 7.05 Å². The molecule has 1 saturated carbocycles. The van der Waals surface area contributed by atoms with E-state index >= 15 is 0 Å². The Morgan fingerprint density at radius 2 is 1.90 bits per heavy atom. The number of carbonyl (C=O) groups excluding carboxylic acids is 1. The number of amides is 1. The molecule has 0 radical (unpaired) electrons. The second kappa shape index (κ2) is 7.21. The number of hydrogen-bond acceptors (Lipinski definition) is 4. The average Bonchev–Trinajstić information content (AvgIpc) is 2.86. The van der Waals surface area contributed by atoms with Crippen molar-refractivity contribution >= 4 is 5.91 Å². The molecule has 152 valence electrons. The maximum Gasteiger partial charge on any atom is 0.273 e. The zero-order valence-corrected chi connectivity index (χ0v) is 17.4. The molecule has 3 heterocycles. The van der Waals surface area contributed by atoms with Crippen LogP contribution in [-0.2, 0) is 6.42 Å². The van der Waals surface area contributed by atoms with Gasteiger partial charge in [0.2, 0.25) is 0 Å². The Morgan fingerprint density at radius 3 is 2.62 bits per heavy atom. The lowest BCUT2D eigenvalue weighted by Crippen LogP contribution is -2.61. The summed E-state index contributed by atoms with van der Waals surface area (Å²) < 4.78 is 0. The molecule has 5 atom stereocenters. The molecule has 29 heavy (non-hydrogen) atoms. The largest absolute Gasteiger partial charge is 0.329 e. The van der Waals surface area contributed by atoms with Gasteiger partial charge >= 0.3 is 0 Å². The Bertz CT molecular complexity index is 873. The standard InChI is InChI=1S/C24H30N4O/c1-24-15-20-19(14-17-8-4-3-5-9-17)28(23(29)18-12-13-25-16-26-18)22(24)11-7-6-10-21(24)27(20)2/h3-5,8-9,12-13,16,19-22H,6-7,10-11,14-15H2,1-2H3/t19-,20-,21-,22+,24-/m0/s1. The second-order valence-corrected chi connectivity index (χ2v) is 9.32. The first-order valence-electron chi connectivity index (χ1n) is 10.9. The highest BCUT2D eigenvalue weighted by atomic mass is 16.2. The summed E-state index contributed by atoms with van der Waals surface area (Å²) in [5.41, 5.74) is 1.98. The lowest BCUT2D eigenvalue weighted by molar-refractivity contribution is 0.00165. The van der Waals surface area contributed by atoms with Gasteiger partial charge in [-0.1, -0.05) is 50.1 Å². The fraction of sp³-hybridized carbons (Fsp3) is 0.542. The Kier molecular flexibility index (Phi) is 4.66. The van der Waals surface area contributed by atoms with E-state index in [4.69, 9.17) is 0 Å². The molecule has 5 nitrogen and oxygen atoms in total. The van der Waals surface area contributed by atoms with Gasteiger partial charge in [-0.15, -0.1) is 0 Å². The van der Waals surface area contributed by atoms with Gasteiger partial charge in [0.25, 0.3) is 5.91 Å². The minimum Gasteiger partial charge on any atom is -0.329 e. The SMILES string of the molecule is CN1[C@H]2CCCC[C@H]3N(C(=O)c4ccncn4)[C@@H](Cc4ccccc4)[C@@H]1C[C@@]23C.